The van der Waals surface area contributed by atoms with Crippen LogP contribution in [0.5, 0.6) is 0 Å². The quantitative estimate of drug-likeness (QED) is 0.671. The number of carbonyl (C=O) groups excluding carboxylic acids is 1. The minimum atomic E-state index is -0.382. The largest absolute Gasteiger partial charge is 0.379 e. The van der Waals surface area contributed by atoms with Gasteiger partial charge in [-0.15, -0.1) is 0 Å². The molecule has 1 saturated heterocycles. The zero-order valence-electron chi connectivity index (χ0n) is 10.2. The lowest BCUT2D eigenvalue weighted by atomic mass is 10.2. The SMILES string of the molecule is CC[C@@H](N)C(=O)NC(C)CN1CCOCC1. The van der Waals surface area contributed by atoms with Crippen molar-refractivity contribution in [3.05, 3.63) is 0 Å². The predicted octanol–water partition coefficient (Wildman–Crippen LogP) is -0.439. The maximum absolute atomic E-state index is 11.5. The summed E-state index contributed by atoms with van der Waals surface area (Å²) >= 11 is 0. The number of carbonyl (C=O) groups is 1. The average Bonchev–Trinajstić information content (AvgIpc) is 2.29. The van der Waals surface area contributed by atoms with Gasteiger partial charge in [-0.25, -0.2) is 0 Å². The van der Waals surface area contributed by atoms with Crippen molar-refractivity contribution in [3.8, 4) is 0 Å². The van der Waals surface area contributed by atoms with Crippen LogP contribution in [0.4, 0.5) is 0 Å². The van der Waals surface area contributed by atoms with Gasteiger partial charge in [-0.1, -0.05) is 6.92 Å². The van der Waals surface area contributed by atoms with E-state index in [-0.39, 0.29) is 18.0 Å². The van der Waals surface area contributed by atoms with Crippen LogP contribution >= 0.6 is 0 Å². The highest BCUT2D eigenvalue weighted by molar-refractivity contribution is 5.81. The molecule has 0 saturated carbocycles. The highest BCUT2D eigenvalue weighted by Gasteiger charge is 2.17. The highest BCUT2D eigenvalue weighted by Crippen LogP contribution is 1.98. The Morgan fingerprint density at radius 1 is 1.50 bits per heavy atom. The lowest BCUT2D eigenvalue weighted by Crippen LogP contribution is -2.49. The van der Waals surface area contributed by atoms with Crippen molar-refractivity contribution >= 4 is 5.91 Å². The van der Waals surface area contributed by atoms with E-state index in [2.05, 4.69) is 10.2 Å². The van der Waals surface area contributed by atoms with Crippen molar-refractivity contribution in [2.24, 2.45) is 5.73 Å². The third-order valence-corrected chi connectivity index (χ3v) is 2.80. The van der Waals surface area contributed by atoms with Crippen molar-refractivity contribution in [3.63, 3.8) is 0 Å². The van der Waals surface area contributed by atoms with Crippen LogP contribution in [0, 0.1) is 0 Å². The summed E-state index contributed by atoms with van der Waals surface area (Å²) in [4.78, 5) is 13.8. The molecule has 0 bridgehead atoms. The number of nitrogens with two attached hydrogens (primary N) is 1. The van der Waals surface area contributed by atoms with E-state index in [1.807, 2.05) is 13.8 Å². The molecule has 0 aromatic rings. The molecular formula is C11H23N3O2. The van der Waals surface area contributed by atoms with Crippen LogP contribution in [0.1, 0.15) is 20.3 Å². The molecule has 2 atom stereocenters. The van der Waals surface area contributed by atoms with Crippen LogP contribution in [0.2, 0.25) is 0 Å². The zero-order valence-corrected chi connectivity index (χ0v) is 10.2. The number of hydrogen-bond acceptors (Lipinski definition) is 4. The topological polar surface area (TPSA) is 67.6 Å². The Morgan fingerprint density at radius 2 is 2.12 bits per heavy atom. The average molecular weight is 229 g/mol. The summed E-state index contributed by atoms with van der Waals surface area (Å²) in [6.45, 7) is 8.25. The molecule has 1 aliphatic heterocycles. The fourth-order valence-corrected chi connectivity index (χ4v) is 1.75. The van der Waals surface area contributed by atoms with Crippen molar-refractivity contribution in [1.82, 2.24) is 10.2 Å². The van der Waals surface area contributed by atoms with Crippen LogP contribution in [-0.4, -0.2) is 55.7 Å². The molecule has 0 aromatic heterocycles. The molecular weight excluding hydrogens is 206 g/mol. The summed E-state index contributed by atoms with van der Waals surface area (Å²) < 4.78 is 5.27. The Bertz CT molecular complexity index is 217. The summed E-state index contributed by atoms with van der Waals surface area (Å²) in [6, 6.07) is -0.240. The van der Waals surface area contributed by atoms with E-state index in [4.69, 9.17) is 10.5 Å². The molecule has 0 aromatic carbocycles. The van der Waals surface area contributed by atoms with Gasteiger partial charge in [0.1, 0.15) is 0 Å². The van der Waals surface area contributed by atoms with Gasteiger partial charge >= 0.3 is 0 Å². The fraction of sp³-hybridized carbons (Fsp3) is 0.909. The summed E-state index contributed by atoms with van der Waals surface area (Å²) in [6.07, 6.45) is 0.677. The number of hydrogen-bond donors (Lipinski definition) is 2. The van der Waals surface area contributed by atoms with Gasteiger partial charge in [0.15, 0.2) is 0 Å². The maximum Gasteiger partial charge on any atom is 0.237 e. The Kier molecular flexibility index (Phi) is 5.73. The first kappa shape index (κ1) is 13.4. The van der Waals surface area contributed by atoms with Gasteiger partial charge in [-0.3, -0.25) is 9.69 Å². The molecule has 1 rings (SSSR count). The molecule has 1 unspecified atom stereocenters. The Morgan fingerprint density at radius 3 is 2.69 bits per heavy atom. The molecule has 1 heterocycles. The summed E-state index contributed by atoms with van der Waals surface area (Å²) in [5.74, 6) is -0.0525. The minimum absolute atomic E-state index is 0.0525. The second-order valence-electron chi connectivity index (χ2n) is 4.34. The first-order chi connectivity index (χ1) is 7.63. The van der Waals surface area contributed by atoms with Crippen LogP contribution < -0.4 is 11.1 Å². The standard InChI is InChI=1S/C11H23N3O2/c1-3-10(12)11(15)13-9(2)8-14-4-6-16-7-5-14/h9-10H,3-8,12H2,1-2H3,(H,13,15)/t9?,10-/m1/s1. The maximum atomic E-state index is 11.5. The molecule has 0 aliphatic carbocycles. The van der Waals surface area contributed by atoms with Crippen LogP contribution in [0.25, 0.3) is 0 Å². The van der Waals surface area contributed by atoms with E-state index in [0.29, 0.717) is 6.42 Å². The monoisotopic (exact) mass is 229 g/mol. The van der Waals surface area contributed by atoms with E-state index in [1.54, 1.807) is 0 Å². The molecule has 0 radical (unpaired) electrons. The van der Waals surface area contributed by atoms with E-state index >= 15 is 0 Å². The van der Waals surface area contributed by atoms with Crippen molar-refractivity contribution in [1.29, 1.82) is 0 Å². The molecule has 16 heavy (non-hydrogen) atoms. The normalized spacial score (nSPS) is 21.4. The number of ether oxygens (including phenoxy) is 1. The van der Waals surface area contributed by atoms with Crippen molar-refractivity contribution in [2.45, 2.75) is 32.4 Å². The molecule has 3 N–H and O–H groups in total. The molecule has 5 nitrogen and oxygen atoms in total. The predicted molar refractivity (Wildman–Crippen MR) is 63.1 cm³/mol. The number of nitrogens with zero attached hydrogens (tertiary/aromatic N) is 1. The molecule has 5 heteroatoms. The molecule has 1 amide bonds. The Hall–Kier alpha value is -0.650. The van der Waals surface area contributed by atoms with Crippen LogP contribution in [-0.2, 0) is 9.53 Å². The van der Waals surface area contributed by atoms with Crippen LogP contribution in [0.3, 0.4) is 0 Å². The van der Waals surface area contributed by atoms with Crippen molar-refractivity contribution in [2.75, 3.05) is 32.8 Å². The van der Waals surface area contributed by atoms with Gasteiger partial charge in [0.25, 0.3) is 0 Å². The molecule has 0 spiro atoms. The second-order valence-corrected chi connectivity index (χ2v) is 4.34. The summed E-state index contributed by atoms with van der Waals surface area (Å²) in [5.41, 5.74) is 5.65. The molecule has 1 aliphatic rings. The van der Waals surface area contributed by atoms with Gasteiger partial charge in [0.05, 0.1) is 19.3 Å². The van der Waals surface area contributed by atoms with Crippen molar-refractivity contribution < 1.29 is 9.53 Å². The third kappa shape index (κ3) is 4.47. The van der Waals surface area contributed by atoms with Gasteiger partial charge in [0, 0.05) is 25.7 Å². The van der Waals surface area contributed by atoms with Crippen LogP contribution in [0.15, 0.2) is 0 Å². The molecule has 1 fully saturated rings. The van der Waals surface area contributed by atoms with Gasteiger partial charge < -0.3 is 15.8 Å². The lowest BCUT2D eigenvalue weighted by Gasteiger charge is -2.29. The number of morpholine rings is 1. The smallest absolute Gasteiger partial charge is 0.237 e. The lowest BCUT2D eigenvalue weighted by molar-refractivity contribution is -0.123. The Balaban J connectivity index is 2.23. The van der Waals surface area contributed by atoms with Gasteiger partial charge in [0.2, 0.25) is 5.91 Å². The third-order valence-electron chi connectivity index (χ3n) is 2.80. The number of rotatable bonds is 5. The minimum Gasteiger partial charge on any atom is -0.379 e. The molecule has 94 valence electrons. The van der Waals surface area contributed by atoms with Gasteiger partial charge in [-0.05, 0) is 13.3 Å². The van der Waals surface area contributed by atoms with Gasteiger partial charge in [-0.2, -0.15) is 0 Å². The van der Waals surface area contributed by atoms with E-state index in [0.717, 1.165) is 32.8 Å². The summed E-state index contributed by atoms with van der Waals surface area (Å²) in [7, 11) is 0. The first-order valence-electron chi connectivity index (χ1n) is 5.99. The Labute approximate surface area is 97.3 Å². The second kappa shape index (κ2) is 6.83. The summed E-state index contributed by atoms with van der Waals surface area (Å²) in [5, 5.41) is 2.93. The van der Waals surface area contributed by atoms with E-state index in [1.165, 1.54) is 0 Å². The first-order valence-corrected chi connectivity index (χ1v) is 5.99. The zero-order chi connectivity index (χ0) is 12.0. The number of nitrogens with one attached hydrogen (secondary N) is 1. The number of amides is 1. The van der Waals surface area contributed by atoms with E-state index in [9.17, 15) is 4.79 Å². The van der Waals surface area contributed by atoms with E-state index < -0.39 is 0 Å². The fourth-order valence-electron chi connectivity index (χ4n) is 1.75. The highest BCUT2D eigenvalue weighted by atomic mass is 16.5.